The summed E-state index contributed by atoms with van der Waals surface area (Å²) in [6.45, 7) is 2.89. The van der Waals surface area contributed by atoms with Crippen LogP contribution in [0.2, 0.25) is 5.02 Å². The number of rotatable bonds is 4. The number of hydrogen-bond acceptors (Lipinski definition) is 2. The predicted octanol–water partition coefficient (Wildman–Crippen LogP) is 3.73. The van der Waals surface area contributed by atoms with E-state index in [1.807, 2.05) is 18.2 Å². The van der Waals surface area contributed by atoms with Gasteiger partial charge in [0.05, 0.1) is 10.6 Å². The van der Waals surface area contributed by atoms with Gasteiger partial charge in [-0.05, 0) is 37.1 Å². The first-order valence-corrected chi connectivity index (χ1v) is 8.42. The molecule has 1 atom stereocenters. The smallest absolute Gasteiger partial charge is 0.253 e. The zero-order valence-corrected chi connectivity index (χ0v) is 13.8. The lowest BCUT2D eigenvalue weighted by Crippen LogP contribution is -2.47. The average Bonchev–Trinajstić information content (AvgIpc) is 2.56. The number of nitrogens with zero attached hydrogens (tertiary/aromatic N) is 1. The molecule has 1 aliphatic heterocycles. The molecule has 0 bridgehead atoms. The molecule has 0 unspecified atom stereocenters. The van der Waals surface area contributed by atoms with Crippen LogP contribution in [0, 0.1) is 0 Å². The van der Waals surface area contributed by atoms with Crippen molar-refractivity contribution in [3.63, 3.8) is 0 Å². The van der Waals surface area contributed by atoms with E-state index in [1.54, 1.807) is 12.1 Å². The van der Waals surface area contributed by atoms with Crippen LogP contribution in [0.3, 0.4) is 0 Å². The Bertz CT molecular complexity index is 659. The summed E-state index contributed by atoms with van der Waals surface area (Å²) in [5.74, 6) is -0.0813. The van der Waals surface area contributed by atoms with Gasteiger partial charge in [0.25, 0.3) is 5.91 Å². The molecule has 1 saturated heterocycles. The van der Waals surface area contributed by atoms with E-state index in [4.69, 9.17) is 11.6 Å². The SMILES string of the molecule is O=C(N[C@H]1CCCN(Cc2ccccc2)C1)c1ccccc1Cl. The summed E-state index contributed by atoms with van der Waals surface area (Å²) >= 11 is 6.10. The van der Waals surface area contributed by atoms with Crippen LogP contribution in [0.25, 0.3) is 0 Å². The van der Waals surface area contributed by atoms with Crippen molar-refractivity contribution in [1.82, 2.24) is 10.2 Å². The highest BCUT2D eigenvalue weighted by atomic mass is 35.5. The van der Waals surface area contributed by atoms with Gasteiger partial charge in [0.1, 0.15) is 0 Å². The summed E-state index contributed by atoms with van der Waals surface area (Å²) < 4.78 is 0. The summed E-state index contributed by atoms with van der Waals surface area (Å²) in [7, 11) is 0. The highest BCUT2D eigenvalue weighted by Crippen LogP contribution is 2.17. The molecule has 3 rings (SSSR count). The van der Waals surface area contributed by atoms with Crippen molar-refractivity contribution in [3.8, 4) is 0 Å². The van der Waals surface area contributed by atoms with Crippen LogP contribution in [-0.4, -0.2) is 29.9 Å². The Hall–Kier alpha value is -1.84. The van der Waals surface area contributed by atoms with Gasteiger partial charge in [0.2, 0.25) is 0 Å². The molecule has 1 amide bonds. The van der Waals surface area contributed by atoms with E-state index in [1.165, 1.54) is 5.56 Å². The van der Waals surface area contributed by atoms with Crippen LogP contribution >= 0.6 is 11.6 Å². The van der Waals surface area contributed by atoms with Gasteiger partial charge in [-0.2, -0.15) is 0 Å². The highest BCUT2D eigenvalue weighted by molar-refractivity contribution is 6.33. The molecule has 1 N–H and O–H groups in total. The van der Waals surface area contributed by atoms with Gasteiger partial charge in [-0.1, -0.05) is 54.1 Å². The van der Waals surface area contributed by atoms with E-state index in [9.17, 15) is 4.79 Å². The number of nitrogens with one attached hydrogen (secondary N) is 1. The van der Waals surface area contributed by atoms with Crippen molar-refractivity contribution in [3.05, 3.63) is 70.7 Å². The monoisotopic (exact) mass is 328 g/mol. The summed E-state index contributed by atoms with van der Waals surface area (Å²) in [6.07, 6.45) is 2.11. The Morgan fingerprint density at radius 3 is 2.65 bits per heavy atom. The van der Waals surface area contributed by atoms with E-state index >= 15 is 0 Å². The van der Waals surface area contributed by atoms with Crippen LogP contribution in [0.5, 0.6) is 0 Å². The zero-order valence-electron chi connectivity index (χ0n) is 13.0. The predicted molar refractivity (Wildman–Crippen MR) is 93.7 cm³/mol. The van der Waals surface area contributed by atoms with Crippen molar-refractivity contribution >= 4 is 17.5 Å². The molecular formula is C19H21ClN2O. The number of benzene rings is 2. The number of halogens is 1. The Labute approximate surface area is 142 Å². The maximum Gasteiger partial charge on any atom is 0.253 e. The van der Waals surface area contributed by atoms with E-state index in [0.29, 0.717) is 10.6 Å². The second kappa shape index (κ2) is 7.62. The number of likely N-dealkylation sites (tertiary alicyclic amines) is 1. The van der Waals surface area contributed by atoms with Crippen molar-refractivity contribution in [1.29, 1.82) is 0 Å². The Kier molecular flexibility index (Phi) is 5.31. The molecular weight excluding hydrogens is 308 g/mol. The molecule has 0 saturated carbocycles. The summed E-state index contributed by atoms with van der Waals surface area (Å²) in [5, 5.41) is 3.63. The van der Waals surface area contributed by atoms with Crippen LogP contribution < -0.4 is 5.32 Å². The van der Waals surface area contributed by atoms with Crippen molar-refractivity contribution in [2.24, 2.45) is 0 Å². The summed E-state index contributed by atoms with van der Waals surface area (Å²) in [5.41, 5.74) is 1.86. The number of carbonyl (C=O) groups excluding carboxylic acids is 1. The molecule has 23 heavy (non-hydrogen) atoms. The first kappa shape index (κ1) is 16.0. The third kappa shape index (κ3) is 4.34. The first-order chi connectivity index (χ1) is 11.2. The van der Waals surface area contributed by atoms with Gasteiger partial charge in [0.15, 0.2) is 0 Å². The highest BCUT2D eigenvalue weighted by Gasteiger charge is 2.22. The van der Waals surface area contributed by atoms with Crippen LogP contribution in [-0.2, 0) is 6.54 Å². The summed E-state index contributed by atoms with van der Waals surface area (Å²) in [4.78, 5) is 14.8. The molecule has 4 heteroatoms. The second-order valence-corrected chi connectivity index (χ2v) is 6.42. The van der Waals surface area contributed by atoms with Gasteiger partial charge in [0, 0.05) is 19.1 Å². The third-order valence-corrected chi connectivity index (χ3v) is 4.54. The summed E-state index contributed by atoms with van der Waals surface area (Å²) in [6, 6.07) is 17.8. The standard InChI is InChI=1S/C19H21ClN2O/c20-18-11-5-4-10-17(18)19(23)21-16-9-6-12-22(14-16)13-15-7-2-1-3-8-15/h1-5,7-8,10-11,16H,6,9,12-14H2,(H,21,23)/t16-/m0/s1. The van der Waals surface area contributed by atoms with E-state index in [2.05, 4.69) is 34.5 Å². The maximum atomic E-state index is 12.4. The fourth-order valence-electron chi connectivity index (χ4n) is 3.07. The number of amides is 1. The lowest BCUT2D eigenvalue weighted by atomic mass is 10.0. The van der Waals surface area contributed by atoms with E-state index in [-0.39, 0.29) is 11.9 Å². The number of hydrogen-bond donors (Lipinski definition) is 1. The minimum absolute atomic E-state index is 0.0813. The second-order valence-electron chi connectivity index (χ2n) is 6.01. The molecule has 1 heterocycles. The molecule has 0 radical (unpaired) electrons. The topological polar surface area (TPSA) is 32.3 Å². The third-order valence-electron chi connectivity index (χ3n) is 4.21. The van der Waals surface area contributed by atoms with Crippen LogP contribution in [0.1, 0.15) is 28.8 Å². The van der Waals surface area contributed by atoms with Crippen molar-refractivity contribution in [2.75, 3.05) is 13.1 Å². The van der Waals surface area contributed by atoms with E-state index < -0.39 is 0 Å². The van der Waals surface area contributed by atoms with E-state index in [0.717, 1.165) is 32.5 Å². The fourth-order valence-corrected chi connectivity index (χ4v) is 3.29. The van der Waals surface area contributed by atoms with Gasteiger partial charge in [-0.25, -0.2) is 0 Å². The lowest BCUT2D eigenvalue weighted by Gasteiger charge is -2.33. The molecule has 0 aliphatic carbocycles. The van der Waals surface area contributed by atoms with Gasteiger partial charge in [-0.3, -0.25) is 9.69 Å². The first-order valence-electron chi connectivity index (χ1n) is 8.04. The molecule has 2 aromatic rings. The Morgan fingerprint density at radius 2 is 1.87 bits per heavy atom. The van der Waals surface area contributed by atoms with Crippen LogP contribution in [0.4, 0.5) is 0 Å². The Morgan fingerprint density at radius 1 is 1.13 bits per heavy atom. The molecule has 0 aromatic heterocycles. The van der Waals surface area contributed by atoms with Crippen LogP contribution in [0.15, 0.2) is 54.6 Å². The quantitative estimate of drug-likeness (QED) is 0.927. The zero-order chi connectivity index (χ0) is 16.1. The molecule has 1 aliphatic rings. The fraction of sp³-hybridized carbons (Fsp3) is 0.316. The van der Waals surface area contributed by atoms with Crippen molar-refractivity contribution in [2.45, 2.75) is 25.4 Å². The van der Waals surface area contributed by atoms with Gasteiger partial charge >= 0.3 is 0 Å². The largest absolute Gasteiger partial charge is 0.348 e. The Balaban J connectivity index is 1.58. The molecule has 0 spiro atoms. The minimum atomic E-state index is -0.0813. The molecule has 2 aromatic carbocycles. The minimum Gasteiger partial charge on any atom is -0.348 e. The normalized spacial score (nSPS) is 18.6. The molecule has 120 valence electrons. The van der Waals surface area contributed by atoms with Gasteiger partial charge in [-0.15, -0.1) is 0 Å². The number of piperidine rings is 1. The lowest BCUT2D eigenvalue weighted by molar-refractivity contribution is 0.0901. The molecule has 1 fully saturated rings. The average molecular weight is 329 g/mol. The van der Waals surface area contributed by atoms with Crippen molar-refractivity contribution < 1.29 is 4.79 Å². The molecule has 3 nitrogen and oxygen atoms in total. The number of carbonyl (C=O) groups is 1. The maximum absolute atomic E-state index is 12.4. The van der Waals surface area contributed by atoms with Gasteiger partial charge < -0.3 is 5.32 Å².